The van der Waals surface area contributed by atoms with Crippen LogP contribution in [-0.4, -0.2) is 19.9 Å². The van der Waals surface area contributed by atoms with Crippen LogP contribution in [0.3, 0.4) is 0 Å². The molecular weight excluding hydrogens is 135 g/mol. The molecule has 0 amide bonds. The Kier molecular flexibility index (Phi) is 8.11. The third-order valence-corrected chi connectivity index (χ3v) is 1.68. The van der Waals surface area contributed by atoms with Gasteiger partial charge in [-0.25, -0.2) is 0 Å². The van der Waals surface area contributed by atoms with Crippen LogP contribution in [0.15, 0.2) is 0 Å². The highest BCUT2D eigenvalue weighted by Crippen LogP contribution is 2.01. The summed E-state index contributed by atoms with van der Waals surface area (Å²) in [6.07, 6.45) is 4.17. The van der Waals surface area contributed by atoms with Gasteiger partial charge in [0.15, 0.2) is 0 Å². The van der Waals surface area contributed by atoms with Crippen LogP contribution in [0.25, 0.3) is 0 Å². The molecule has 0 radical (unpaired) electrons. The molecule has 0 aromatic heterocycles. The van der Waals surface area contributed by atoms with Crippen molar-refractivity contribution in [2.45, 2.75) is 19.3 Å². The highest BCUT2D eigenvalue weighted by molar-refractivity contribution is 7.23. The minimum atomic E-state index is -0.121. The Morgan fingerprint density at radius 3 is 2.67 bits per heavy atom. The Balaban J connectivity index is 2.66. The molecule has 1 unspecified atom stereocenters. The van der Waals surface area contributed by atoms with Gasteiger partial charge in [-0.1, -0.05) is 4.57 Å². The second-order valence-electron chi connectivity index (χ2n) is 1.95. The zero-order chi connectivity index (χ0) is 6.95. The Morgan fingerprint density at radius 2 is 2.11 bits per heavy atom. The van der Waals surface area contributed by atoms with Crippen LogP contribution in [0, 0.1) is 0 Å². The fourth-order valence-corrected chi connectivity index (χ4v) is 1.01. The molecule has 0 fully saturated rings. The molecule has 0 spiro atoms. The van der Waals surface area contributed by atoms with Gasteiger partial charge in [-0.3, -0.25) is 0 Å². The summed E-state index contributed by atoms with van der Waals surface area (Å²) in [6.45, 7) is 0.835. The van der Waals surface area contributed by atoms with E-state index in [4.69, 9.17) is 4.74 Å². The highest BCUT2D eigenvalue weighted by atomic mass is 31.1. The lowest BCUT2D eigenvalue weighted by molar-refractivity contribution is 0.192. The van der Waals surface area contributed by atoms with Crippen LogP contribution in [0.1, 0.15) is 19.3 Å². The first-order valence-corrected chi connectivity index (χ1v) is 4.37. The highest BCUT2D eigenvalue weighted by Gasteiger charge is 1.91. The molecular formula is C6H14O2P+. The van der Waals surface area contributed by atoms with E-state index < -0.39 is 0 Å². The van der Waals surface area contributed by atoms with Gasteiger partial charge in [0.25, 0.3) is 0 Å². The number of ether oxygens (including phenoxy) is 1. The van der Waals surface area contributed by atoms with Crippen molar-refractivity contribution < 1.29 is 9.30 Å². The monoisotopic (exact) mass is 149 g/mol. The molecule has 0 saturated carbocycles. The topological polar surface area (TPSA) is 26.3 Å². The summed E-state index contributed by atoms with van der Waals surface area (Å²) in [7, 11) is 1.58. The summed E-state index contributed by atoms with van der Waals surface area (Å²) < 4.78 is 14.8. The van der Waals surface area contributed by atoms with E-state index in [1.807, 2.05) is 0 Å². The number of rotatable bonds is 6. The standard InChI is InChI=1S/C6H13O2P/c1-8-5-3-2-4-6-9-7/h2-6H2,1H3/p+1. The van der Waals surface area contributed by atoms with E-state index in [9.17, 15) is 4.57 Å². The largest absolute Gasteiger partial charge is 0.385 e. The van der Waals surface area contributed by atoms with Gasteiger partial charge < -0.3 is 4.74 Å². The van der Waals surface area contributed by atoms with Gasteiger partial charge in [-0.15, -0.1) is 0 Å². The number of unbranched alkanes of at least 4 members (excludes halogenated alkanes) is 2. The van der Waals surface area contributed by atoms with Crippen LogP contribution < -0.4 is 0 Å². The SMILES string of the molecule is COCCCCC[PH+]=O. The maximum Gasteiger partial charge on any atom is 0.324 e. The fraction of sp³-hybridized carbons (Fsp3) is 1.00. The summed E-state index contributed by atoms with van der Waals surface area (Å²) in [6, 6.07) is 0. The first-order valence-electron chi connectivity index (χ1n) is 3.25. The van der Waals surface area contributed by atoms with Gasteiger partial charge >= 0.3 is 8.46 Å². The van der Waals surface area contributed by atoms with Crippen molar-refractivity contribution in [1.82, 2.24) is 0 Å². The van der Waals surface area contributed by atoms with Crippen LogP contribution in [0.2, 0.25) is 0 Å². The van der Waals surface area contributed by atoms with Crippen molar-refractivity contribution >= 4 is 8.46 Å². The van der Waals surface area contributed by atoms with Crippen molar-refractivity contribution in [3.63, 3.8) is 0 Å². The van der Waals surface area contributed by atoms with E-state index in [1.165, 1.54) is 0 Å². The van der Waals surface area contributed by atoms with Crippen molar-refractivity contribution in [3.8, 4) is 0 Å². The Labute approximate surface area is 57.8 Å². The average Bonchev–Trinajstić information content (AvgIpc) is 1.89. The molecule has 0 aliphatic carbocycles. The molecule has 0 heterocycles. The maximum absolute atomic E-state index is 9.96. The Hall–Kier alpha value is 0.0600. The summed E-state index contributed by atoms with van der Waals surface area (Å²) in [4.78, 5) is 0. The quantitative estimate of drug-likeness (QED) is 0.425. The van der Waals surface area contributed by atoms with Crippen molar-refractivity contribution in [3.05, 3.63) is 0 Å². The second-order valence-corrected chi connectivity index (χ2v) is 2.74. The summed E-state index contributed by atoms with van der Waals surface area (Å²) in [5.41, 5.74) is 0. The van der Waals surface area contributed by atoms with Crippen LogP contribution in [0.5, 0.6) is 0 Å². The van der Waals surface area contributed by atoms with Gasteiger partial charge in [0.05, 0.1) is 0 Å². The molecule has 0 bridgehead atoms. The van der Waals surface area contributed by atoms with Crippen LogP contribution in [-0.2, 0) is 9.30 Å². The lowest BCUT2D eigenvalue weighted by atomic mass is 10.3. The zero-order valence-corrected chi connectivity index (χ0v) is 6.85. The maximum atomic E-state index is 9.96. The third kappa shape index (κ3) is 8.06. The minimum absolute atomic E-state index is 0.121. The first kappa shape index (κ1) is 9.06. The van der Waals surface area contributed by atoms with Crippen molar-refractivity contribution in [2.75, 3.05) is 19.9 Å². The summed E-state index contributed by atoms with van der Waals surface area (Å²) >= 11 is 0. The van der Waals surface area contributed by atoms with E-state index in [-0.39, 0.29) is 8.46 Å². The van der Waals surface area contributed by atoms with Crippen LogP contribution in [0.4, 0.5) is 0 Å². The minimum Gasteiger partial charge on any atom is -0.385 e. The molecule has 0 aliphatic heterocycles. The van der Waals surface area contributed by atoms with Crippen molar-refractivity contribution in [1.29, 1.82) is 0 Å². The van der Waals surface area contributed by atoms with Crippen LogP contribution >= 0.6 is 8.46 Å². The fourth-order valence-electron chi connectivity index (χ4n) is 0.620. The average molecular weight is 149 g/mol. The molecule has 0 N–H and O–H groups in total. The van der Waals surface area contributed by atoms with Gasteiger partial charge in [-0.05, 0) is 19.3 Å². The number of hydrogen-bond donors (Lipinski definition) is 0. The predicted octanol–water partition coefficient (Wildman–Crippen LogP) is 1.83. The van der Waals surface area contributed by atoms with Gasteiger partial charge in [-0.2, -0.15) is 0 Å². The number of hydrogen-bond acceptors (Lipinski definition) is 2. The first-order chi connectivity index (χ1) is 4.41. The van der Waals surface area contributed by atoms with E-state index in [0.29, 0.717) is 0 Å². The van der Waals surface area contributed by atoms with Crippen molar-refractivity contribution in [2.24, 2.45) is 0 Å². The molecule has 0 aliphatic rings. The Morgan fingerprint density at radius 1 is 1.33 bits per heavy atom. The predicted molar refractivity (Wildman–Crippen MR) is 39.6 cm³/mol. The van der Waals surface area contributed by atoms with E-state index >= 15 is 0 Å². The summed E-state index contributed by atoms with van der Waals surface area (Å²) in [5, 5.41) is 0. The third-order valence-electron chi connectivity index (χ3n) is 1.13. The molecule has 54 valence electrons. The molecule has 9 heavy (non-hydrogen) atoms. The molecule has 3 heteroatoms. The molecule has 0 aromatic rings. The van der Waals surface area contributed by atoms with E-state index in [0.717, 1.165) is 32.0 Å². The molecule has 2 nitrogen and oxygen atoms in total. The van der Waals surface area contributed by atoms with Gasteiger partial charge in [0.1, 0.15) is 6.16 Å². The zero-order valence-electron chi connectivity index (χ0n) is 5.85. The normalized spacial score (nSPS) is 10.3. The smallest absolute Gasteiger partial charge is 0.324 e. The van der Waals surface area contributed by atoms with E-state index in [2.05, 4.69) is 0 Å². The lowest BCUT2D eigenvalue weighted by Gasteiger charge is -1.93. The number of methoxy groups -OCH3 is 1. The van der Waals surface area contributed by atoms with E-state index in [1.54, 1.807) is 7.11 Å². The summed E-state index contributed by atoms with van der Waals surface area (Å²) in [5.74, 6) is 0. The molecule has 0 saturated heterocycles. The van der Waals surface area contributed by atoms with Gasteiger partial charge in [0, 0.05) is 13.7 Å². The Bertz CT molecular complexity index is 66.1. The molecule has 1 atom stereocenters. The lowest BCUT2D eigenvalue weighted by Crippen LogP contribution is -1.87. The molecule has 0 rings (SSSR count). The molecule has 0 aromatic carbocycles. The van der Waals surface area contributed by atoms with Gasteiger partial charge in [0.2, 0.25) is 0 Å². The second kappa shape index (κ2) is 8.06.